The van der Waals surface area contributed by atoms with E-state index >= 15 is 0 Å². The lowest BCUT2D eigenvalue weighted by Gasteiger charge is -2.35. The van der Waals surface area contributed by atoms with Crippen molar-refractivity contribution < 1.29 is 17.9 Å². The molecule has 0 aliphatic heterocycles. The molecule has 0 unspecified atom stereocenters. The summed E-state index contributed by atoms with van der Waals surface area (Å²) >= 11 is 0. The molecule has 0 saturated carbocycles. The fourth-order valence-electron chi connectivity index (χ4n) is 3.75. The fraction of sp³-hybridized carbons (Fsp3) is 0.462. The number of sulfonamides is 1. The average molecular weight is 460 g/mol. The zero-order chi connectivity index (χ0) is 23.6. The molecule has 0 amide bonds. The highest BCUT2D eigenvalue weighted by atomic mass is 32.2. The lowest BCUT2D eigenvalue weighted by atomic mass is 9.98. The van der Waals surface area contributed by atoms with Crippen molar-refractivity contribution in [2.24, 2.45) is 0 Å². The topological polar surface area (TPSA) is 55.8 Å². The van der Waals surface area contributed by atoms with Gasteiger partial charge in [-0.1, -0.05) is 50.1 Å². The molecule has 6 heteroatoms. The Morgan fingerprint density at radius 1 is 0.906 bits per heavy atom. The van der Waals surface area contributed by atoms with Gasteiger partial charge in [0.15, 0.2) is 0 Å². The number of hydrogen-bond donors (Lipinski definition) is 0. The molecule has 2 rings (SSSR count). The molecule has 0 aromatic heterocycles. The third-order valence-corrected chi connectivity index (χ3v) is 8.53. The van der Waals surface area contributed by atoms with Gasteiger partial charge in [-0.3, -0.25) is 0 Å². The van der Waals surface area contributed by atoms with Crippen molar-refractivity contribution in [3.63, 3.8) is 0 Å². The molecule has 0 fully saturated rings. The van der Waals surface area contributed by atoms with Crippen LogP contribution in [0.15, 0.2) is 61.2 Å². The van der Waals surface area contributed by atoms with Gasteiger partial charge < -0.3 is 9.47 Å². The highest BCUT2D eigenvalue weighted by Crippen LogP contribution is 2.34. The first-order chi connectivity index (χ1) is 15.3. The molecular formula is C26H37NO4S. The van der Waals surface area contributed by atoms with Crippen LogP contribution in [0, 0.1) is 0 Å². The summed E-state index contributed by atoms with van der Waals surface area (Å²) in [4.78, 5) is 0. The molecule has 0 heterocycles. The number of allylic oxidation sites excluding steroid dienone is 1. The molecule has 1 atom stereocenters. The SMILES string of the molecule is C=CCC[C@](C)(CCCC)S(=O)(=O)N(Cc1ccc(OC)cc1)Cc1ccc(OC)cc1. The maximum Gasteiger partial charge on any atom is 0.220 e. The second-order valence-electron chi connectivity index (χ2n) is 8.35. The van der Waals surface area contributed by atoms with Crippen LogP contribution in [0.5, 0.6) is 11.5 Å². The van der Waals surface area contributed by atoms with Crippen molar-refractivity contribution in [2.45, 2.75) is 63.8 Å². The maximum absolute atomic E-state index is 14.1. The van der Waals surface area contributed by atoms with E-state index in [4.69, 9.17) is 9.47 Å². The van der Waals surface area contributed by atoms with Gasteiger partial charge >= 0.3 is 0 Å². The number of unbranched alkanes of at least 4 members (excludes halogenated alkanes) is 1. The molecule has 2 aromatic carbocycles. The number of nitrogens with zero attached hydrogens (tertiary/aromatic N) is 1. The van der Waals surface area contributed by atoms with E-state index in [1.807, 2.05) is 55.5 Å². The summed E-state index contributed by atoms with van der Waals surface area (Å²) in [6.07, 6.45) is 5.47. The van der Waals surface area contributed by atoms with Gasteiger partial charge in [0.25, 0.3) is 0 Å². The molecule has 0 aliphatic rings. The van der Waals surface area contributed by atoms with Crippen molar-refractivity contribution in [1.29, 1.82) is 0 Å². The smallest absolute Gasteiger partial charge is 0.220 e. The highest BCUT2D eigenvalue weighted by Gasteiger charge is 2.42. The predicted molar refractivity (Wildman–Crippen MR) is 132 cm³/mol. The summed E-state index contributed by atoms with van der Waals surface area (Å²) in [5.74, 6) is 1.49. The summed E-state index contributed by atoms with van der Waals surface area (Å²) in [7, 11) is -0.373. The van der Waals surface area contributed by atoms with Gasteiger partial charge in [-0.05, 0) is 61.6 Å². The van der Waals surface area contributed by atoms with Crippen molar-refractivity contribution >= 4 is 10.0 Å². The Kier molecular flexibility index (Phi) is 9.79. The third-order valence-electron chi connectivity index (χ3n) is 5.94. The molecule has 5 nitrogen and oxygen atoms in total. The number of methoxy groups -OCH3 is 2. The van der Waals surface area contributed by atoms with E-state index in [0.717, 1.165) is 35.5 Å². The first-order valence-corrected chi connectivity index (χ1v) is 12.6. The van der Waals surface area contributed by atoms with Gasteiger partial charge in [-0.2, -0.15) is 4.31 Å². The van der Waals surface area contributed by atoms with E-state index in [0.29, 0.717) is 32.4 Å². The lowest BCUT2D eigenvalue weighted by molar-refractivity contribution is 0.360. The molecule has 0 N–H and O–H groups in total. The van der Waals surface area contributed by atoms with Crippen LogP contribution in [-0.2, 0) is 23.1 Å². The molecule has 0 saturated heterocycles. The van der Waals surface area contributed by atoms with Crippen LogP contribution in [0.2, 0.25) is 0 Å². The third kappa shape index (κ3) is 6.59. The normalized spacial score (nSPS) is 13.5. The van der Waals surface area contributed by atoms with Crippen LogP contribution in [-0.4, -0.2) is 31.7 Å². The highest BCUT2D eigenvalue weighted by molar-refractivity contribution is 7.90. The first-order valence-electron chi connectivity index (χ1n) is 11.2. The van der Waals surface area contributed by atoms with Crippen LogP contribution in [0.4, 0.5) is 0 Å². The summed E-state index contributed by atoms with van der Waals surface area (Å²) in [5, 5.41) is 0. The Bertz CT molecular complexity index is 889. The Labute approximate surface area is 194 Å². The average Bonchev–Trinajstić information content (AvgIpc) is 2.81. The molecule has 176 valence electrons. The standard InChI is InChI=1S/C26H37NO4S/c1-6-8-18-26(3,19-9-7-2)32(28,29)27(20-22-10-14-24(30-4)15-11-22)21-23-12-16-25(31-5)17-13-23/h6,10-17H,1,7-9,18-21H2,2-5H3/t26-/m1/s1. The Hall–Kier alpha value is -2.31. The van der Waals surface area contributed by atoms with Gasteiger partial charge in [-0.15, -0.1) is 6.58 Å². The van der Waals surface area contributed by atoms with Crippen molar-refractivity contribution in [3.8, 4) is 11.5 Å². The van der Waals surface area contributed by atoms with Crippen LogP contribution < -0.4 is 9.47 Å². The maximum atomic E-state index is 14.1. The van der Waals surface area contributed by atoms with E-state index in [1.165, 1.54) is 0 Å². The second-order valence-corrected chi connectivity index (χ2v) is 10.8. The van der Waals surface area contributed by atoms with Crippen molar-refractivity contribution in [1.82, 2.24) is 4.31 Å². The zero-order valence-corrected chi connectivity index (χ0v) is 20.7. The summed E-state index contributed by atoms with van der Waals surface area (Å²) in [5.41, 5.74) is 1.84. The molecular weight excluding hydrogens is 422 g/mol. The van der Waals surface area contributed by atoms with Crippen LogP contribution >= 0.6 is 0 Å². The monoisotopic (exact) mass is 459 g/mol. The van der Waals surface area contributed by atoms with E-state index in [-0.39, 0.29) is 0 Å². The van der Waals surface area contributed by atoms with Gasteiger partial charge in [0.05, 0.1) is 19.0 Å². The summed E-state index contributed by atoms with van der Waals surface area (Å²) in [6, 6.07) is 15.1. The zero-order valence-electron chi connectivity index (χ0n) is 19.8. The van der Waals surface area contributed by atoms with Gasteiger partial charge in [-0.25, -0.2) is 8.42 Å². The molecule has 0 aliphatic carbocycles. The number of benzene rings is 2. The fourth-order valence-corrected chi connectivity index (χ4v) is 5.79. The number of ether oxygens (including phenoxy) is 2. The van der Waals surface area contributed by atoms with Crippen LogP contribution in [0.3, 0.4) is 0 Å². The molecule has 2 aromatic rings. The lowest BCUT2D eigenvalue weighted by Crippen LogP contribution is -2.46. The number of hydrogen-bond acceptors (Lipinski definition) is 4. The van der Waals surface area contributed by atoms with Crippen molar-refractivity contribution in [2.75, 3.05) is 14.2 Å². The molecule has 0 radical (unpaired) electrons. The van der Waals surface area contributed by atoms with E-state index < -0.39 is 14.8 Å². The summed E-state index contributed by atoms with van der Waals surface area (Å²) in [6.45, 7) is 8.38. The Morgan fingerprint density at radius 2 is 1.38 bits per heavy atom. The van der Waals surface area contributed by atoms with E-state index in [2.05, 4.69) is 13.5 Å². The van der Waals surface area contributed by atoms with Gasteiger partial charge in [0, 0.05) is 13.1 Å². The second kappa shape index (κ2) is 12.1. The quantitative estimate of drug-likeness (QED) is 0.328. The predicted octanol–water partition coefficient (Wildman–Crippen LogP) is 5.95. The Balaban J connectivity index is 2.42. The minimum absolute atomic E-state index is 0.300. The van der Waals surface area contributed by atoms with Gasteiger partial charge in [0.1, 0.15) is 11.5 Å². The van der Waals surface area contributed by atoms with Gasteiger partial charge in [0.2, 0.25) is 10.0 Å². The van der Waals surface area contributed by atoms with E-state index in [1.54, 1.807) is 24.6 Å². The molecule has 0 bridgehead atoms. The minimum atomic E-state index is -3.61. The minimum Gasteiger partial charge on any atom is -0.497 e. The van der Waals surface area contributed by atoms with Crippen molar-refractivity contribution in [3.05, 3.63) is 72.3 Å². The molecule has 32 heavy (non-hydrogen) atoms. The number of rotatable bonds is 14. The van der Waals surface area contributed by atoms with Crippen LogP contribution in [0.25, 0.3) is 0 Å². The summed E-state index contributed by atoms with van der Waals surface area (Å²) < 4.78 is 39.4. The Morgan fingerprint density at radius 3 is 1.75 bits per heavy atom. The molecule has 0 spiro atoms. The van der Waals surface area contributed by atoms with Crippen LogP contribution in [0.1, 0.15) is 57.1 Å². The first kappa shape index (κ1) is 25.9. The largest absolute Gasteiger partial charge is 0.497 e. The van der Waals surface area contributed by atoms with E-state index in [9.17, 15) is 8.42 Å².